The predicted octanol–water partition coefficient (Wildman–Crippen LogP) is 0.0627. The van der Waals surface area contributed by atoms with Gasteiger partial charge >= 0.3 is 0 Å². The van der Waals surface area contributed by atoms with E-state index in [1.807, 2.05) is 0 Å². The highest BCUT2D eigenvalue weighted by molar-refractivity contribution is 5.41. The Labute approximate surface area is 106 Å². The van der Waals surface area contributed by atoms with Crippen molar-refractivity contribution in [1.29, 1.82) is 0 Å². The van der Waals surface area contributed by atoms with Gasteiger partial charge in [-0.1, -0.05) is 0 Å². The van der Waals surface area contributed by atoms with Gasteiger partial charge in [0.1, 0.15) is 11.5 Å². The predicted molar refractivity (Wildman–Crippen MR) is 66.5 cm³/mol. The first-order chi connectivity index (χ1) is 8.83. The van der Waals surface area contributed by atoms with E-state index in [9.17, 15) is 0 Å². The van der Waals surface area contributed by atoms with Gasteiger partial charge in [0.15, 0.2) is 0 Å². The smallest absolute Gasteiger partial charge is 0.145 e. The molecule has 0 aromatic carbocycles. The lowest BCUT2D eigenvalue weighted by molar-refractivity contribution is 0.225. The van der Waals surface area contributed by atoms with E-state index < -0.39 is 0 Å². The second kappa shape index (κ2) is 8.68. The molecule has 0 unspecified atom stereocenters. The van der Waals surface area contributed by atoms with E-state index in [1.165, 1.54) is 0 Å². The van der Waals surface area contributed by atoms with Gasteiger partial charge in [0, 0.05) is 32.6 Å². The van der Waals surface area contributed by atoms with Crippen LogP contribution < -0.4 is 15.2 Å². The van der Waals surface area contributed by atoms with Crippen molar-refractivity contribution in [3.8, 4) is 11.5 Å². The zero-order valence-corrected chi connectivity index (χ0v) is 10.3. The summed E-state index contributed by atoms with van der Waals surface area (Å²) in [5.41, 5.74) is 6.42. The number of hydrogen-bond acceptors (Lipinski definition) is 6. The van der Waals surface area contributed by atoms with Crippen molar-refractivity contribution in [1.82, 2.24) is 4.98 Å². The van der Waals surface area contributed by atoms with Crippen molar-refractivity contribution in [3.05, 3.63) is 18.0 Å². The molecule has 4 N–H and O–H groups in total. The van der Waals surface area contributed by atoms with Crippen LogP contribution in [0.2, 0.25) is 0 Å². The van der Waals surface area contributed by atoms with E-state index in [2.05, 4.69) is 4.98 Å². The minimum absolute atomic E-state index is 0.0814. The van der Waals surface area contributed by atoms with E-state index in [1.54, 1.807) is 12.4 Å². The molecule has 0 saturated heterocycles. The molecule has 0 aliphatic carbocycles. The van der Waals surface area contributed by atoms with Gasteiger partial charge in [0.25, 0.3) is 0 Å². The van der Waals surface area contributed by atoms with Crippen molar-refractivity contribution in [2.45, 2.75) is 19.4 Å². The number of aliphatic hydroxyl groups excluding tert-OH is 2. The third-order valence-electron chi connectivity index (χ3n) is 2.30. The first-order valence-corrected chi connectivity index (χ1v) is 5.97. The molecule has 0 radical (unpaired) electrons. The lowest BCUT2D eigenvalue weighted by Gasteiger charge is -2.14. The molecule has 1 heterocycles. The van der Waals surface area contributed by atoms with Crippen LogP contribution in [0.3, 0.4) is 0 Å². The second-order valence-electron chi connectivity index (χ2n) is 3.67. The topological polar surface area (TPSA) is 97.8 Å². The Morgan fingerprint density at radius 2 is 1.50 bits per heavy atom. The maximum Gasteiger partial charge on any atom is 0.145 e. The van der Waals surface area contributed by atoms with E-state index >= 15 is 0 Å². The van der Waals surface area contributed by atoms with E-state index in [-0.39, 0.29) is 19.8 Å². The van der Waals surface area contributed by atoms with Crippen LogP contribution in [-0.4, -0.2) is 41.6 Å². The highest BCUT2D eigenvalue weighted by Gasteiger charge is 2.10. The largest absolute Gasteiger partial charge is 0.491 e. The van der Waals surface area contributed by atoms with Gasteiger partial charge in [-0.2, -0.15) is 0 Å². The van der Waals surface area contributed by atoms with Crippen LogP contribution in [0.1, 0.15) is 18.4 Å². The van der Waals surface area contributed by atoms with E-state index in [0.29, 0.717) is 37.6 Å². The van der Waals surface area contributed by atoms with Crippen LogP contribution in [0.25, 0.3) is 0 Å². The Morgan fingerprint density at radius 3 is 1.89 bits per heavy atom. The maximum absolute atomic E-state index is 8.70. The van der Waals surface area contributed by atoms with Crippen LogP contribution in [0.5, 0.6) is 11.5 Å². The molecular formula is C12H20N2O4. The van der Waals surface area contributed by atoms with Gasteiger partial charge in [0.05, 0.1) is 31.2 Å². The van der Waals surface area contributed by atoms with Gasteiger partial charge in [-0.05, 0) is 0 Å². The number of rotatable bonds is 9. The molecule has 0 aliphatic rings. The number of hydrogen-bond donors (Lipinski definition) is 3. The summed E-state index contributed by atoms with van der Waals surface area (Å²) in [4.78, 5) is 4.02. The first-order valence-electron chi connectivity index (χ1n) is 5.97. The zero-order chi connectivity index (χ0) is 13.2. The van der Waals surface area contributed by atoms with Crippen molar-refractivity contribution in [2.75, 3.05) is 26.4 Å². The Morgan fingerprint density at radius 1 is 1.00 bits per heavy atom. The molecule has 0 amide bonds. The Balaban J connectivity index is 2.68. The second-order valence-corrected chi connectivity index (χ2v) is 3.67. The molecule has 102 valence electrons. The minimum atomic E-state index is 0.0814. The summed E-state index contributed by atoms with van der Waals surface area (Å²) >= 11 is 0. The molecule has 1 aromatic rings. The number of ether oxygens (including phenoxy) is 2. The van der Waals surface area contributed by atoms with Gasteiger partial charge < -0.3 is 25.4 Å². The normalized spacial score (nSPS) is 10.4. The van der Waals surface area contributed by atoms with Gasteiger partial charge in [0.2, 0.25) is 0 Å². The Kier molecular flexibility index (Phi) is 7.09. The lowest BCUT2D eigenvalue weighted by Crippen LogP contribution is -2.09. The van der Waals surface area contributed by atoms with Crippen molar-refractivity contribution >= 4 is 0 Å². The summed E-state index contributed by atoms with van der Waals surface area (Å²) < 4.78 is 11.0. The average Bonchev–Trinajstić information content (AvgIpc) is 2.39. The number of pyridine rings is 1. The van der Waals surface area contributed by atoms with E-state index in [0.717, 1.165) is 5.56 Å². The van der Waals surface area contributed by atoms with Gasteiger partial charge in [-0.3, -0.25) is 4.98 Å². The number of aliphatic hydroxyl groups is 2. The fourth-order valence-electron chi connectivity index (χ4n) is 1.39. The summed E-state index contributed by atoms with van der Waals surface area (Å²) in [5.74, 6) is 1.15. The number of nitrogens with zero attached hydrogens (tertiary/aromatic N) is 1. The Bertz CT molecular complexity index is 319. The van der Waals surface area contributed by atoms with Crippen molar-refractivity contribution < 1.29 is 19.7 Å². The third-order valence-corrected chi connectivity index (χ3v) is 2.30. The highest BCUT2D eigenvalue weighted by Crippen LogP contribution is 2.26. The molecule has 18 heavy (non-hydrogen) atoms. The van der Waals surface area contributed by atoms with Crippen LogP contribution >= 0.6 is 0 Å². The molecule has 0 atom stereocenters. The summed E-state index contributed by atoms with van der Waals surface area (Å²) in [6.07, 6.45) is 4.27. The molecular weight excluding hydrogens is 236 g/mol. The molecule has 0 saturated carbocycles. The van der Waals surface area contributed by atoms with Crippen LogP contribution in [0, 0.1) is 0 Å². The molecule has 6 nitrogen and oxygen atoms in total. The fourth-order valence-corrected chi connectivity index (χ4v) is 1.39. The van der Waals surface area contributed by atoms with Crippen molar-refractivity contribution in [3.63, 3.8) is 0 Å². The Hall–Kier alpha value is -1.37. The highest BCUT2D eigenvalue weighted by atomic mass is 16.5. The summed E-state index contributed by atoms with van der Waals surface area (Å²) in [6, 6.07) is 0. The third kappa shape index (κ3) is 4.48. The van der Waals surface area contributed by atoms with E-state index in [4.69, 9.17) is 25.4 Å². The molecule has 1 aromatic heterocycles. The number of nitrogens with two attached hydrogens (primary N) is 1. The molecule has 0 spiro atoms. The molecule has 6 heteroatoms. The quantitative estimate of drug-likeness (QED) is 0.541. The lowest BCUT2D eigenvalue weighted by atomic mass is 10.2. The first kappa shape index (κ1) is 14.7. The standard InChI is InChI=1S/C12H20N2O4/c13-7-10-11(17-5-1-3-15)8-14-9-12(10)18-6-2-4-16/h8-9,15-16H,1-7,13H2. The molecule has 0 fully saturated rings. The fraction of sp³-hybridized carbons (Fsp3) is 0.583. The van der Waals surface area contributed by atoms with Gasteiger partial charge in [-0.25, -0.2) is 0 Å². The maximum atomic E-state index is 8.70. The summed E-state index contributed by atoms with van der Waals surface area (Å²) in [7, 11) is 0. The minimum Gasteiger partial charge on any atom is -0.491 e. The zero-order valence-electron chi connectivity index (χ0n) is 10.3. The van der Waals surface area contributed by atoms with Crippen LogP contribution in [-0.2, 0) is 6.54 Å². The molecule has 1 rings (SSSR count). The SMILES string of the molecule is NCc1c(OCCCO)cncc1OCCCO. The van der Waals surface area contributed by atoms with Gasteiger partial charge in [-0.15, -0.1) is 0 Å². The summed E-state index contributed by atoms with van der Waals surface area (Å²) in [5, 5.41) is 17.4. The van der Waals surface area contributed by atoms with Crippen LogP contribution in [0.15, 0.2) is 12.4 Å². The number of aromatic nitrogens is 1. The molecule has 0 bridgehead atoms. The monoisotopic (exact) mass is 256 g/mol. The van der Waals surface area contributed by atoms with Crippen molar-refractivity contribution in [2.24, 2.45) is 5.73 Å². The summed E-state index contributed by atoms with van der Waals surface area (Å²) in [6.45, 7) is 1.26. The average molecular weight is 256 g/mol. The van der Waals surface area contributed by atoms with Crippen LogP contribution in [0.4, 0.5) is 0 Å². The molecule has 0 aliphatic heterocycles.